The molecule has 7 heteroatoms. The van der Waals surface area contributed by atoms with Crippen molar-refractivity contribution in [3.63, 3.8) is 0 Å². The quantitative estimate of drug-likeness (QED) is 0.904. The molecule has 21 heavy (non-hydrogen) atoms. The van der Waals surface area contributed by atoms with Gasteiger partial charge in [0.25, 0.3) is 0 Å². The van der Waals surface area contributed by atoms with E-state index in [0.29, 0.717) is 17.1 Å². The molecule has 0 saturated carbocycles. The molecule has 0 radical (unpaired) electrons. The summed E-state index contributed by atoms with van der Waals surface area (Å²) >= 11 is 12.2. The predicted octanol–water partition coefficient (Wildman–Crippen LogP) is 3.41. The van der Waals surface area contributed by atoms with Crippen molar-refractivity contribution in [3.8, 4) is 0 Å². The van der Waals surface area contributed by atoms with Gasteiger partial charge in [0.2, 0.25) is 10.0 Å². The molecule has 1 aromatic rings. The van der Waals surface area contributed by atoms with Crippen LogP contribution >= 0.6 is 23.2 Å². The molecular weight excluding hydrogens is 331 g/mol. The average Bonchev–Trinajstić information content (AvgIpc) is 2.48. The lowest BCUT2D eigenvalue weighted by Gasteiger charge is -2.34. The summed E-state index contributed by atoms with van der Waals surface area (Å²) in [6.45, 7) is 2.68. The van der Waals surface area contributed by atoms with Gasteiger partial charge < -0.3 is 5.73 Å². The smallest absolute Gasteiger partial charge is 0.244 e. The number of halogens is 2. The molecule has 1 aliphatic heterocycles. The second-order valence-corrected chi connectivity index (χ2v) is 7.93. The normalized spacial score (nSPS) is 20.7. The Balaban J connectivity index is 2.50. The average molecular weight is 351 g/mol. The minimum atomic E-state index is -3.65. The standard InChI is InChI=1S/C14H20Cl2N2O2S/c1-2-12-5-3-4-6-18(12)21(19,20)13-8-11(15)7-10(9-17)14(13)16/h7-8,12H,2-6,9,17H2,1H3. The van der Waals surface area contributed by atoms with Crippen LogP contribution in [0.15, 0.2) is 17.0 Å². The van der Waals surface area contributed by atoms with E-state index in [2.05, 4.69) is 0 Å². The molecule has 0 bridgehead atoms. The van der Waals surface area contributed by atoms with Crippen molar-refractivity contribution in [2.75, 3.05) is 6.54 Å². The van der Waals surface area contributed by atoms with Gasteiger partial charge in [-0.3, -0.25) is 0 Å². The number of sulfonamides is 1. The van der Waals surface area contributed by atoms with Crippen LogP contribution in [0.25, 0.3) is 0 Å². The van der Waals surface area contributed by atoms with Gasteiger partial charge in [-0.1, -0.05) is 36.5 Å². The Bertz CT molecular complexity index is 620. The highest BCUT2D eigenvalue weighted by Gasteiger charge is 2.34. The van der Waals surface area contributed by atoms with E-state index in [1.165, 1.54) is 6.07 Å². The van der Waals surface area contributed by atoms with Gasteiger partial charge in [-0.15, -0.1) is 0 Å². The molecule has 0 amide bonds. The molecule has 1 fully saturated rings. The van der Waals surface area contributed by atoms with E-state index in [4.69, 9.17) is 28.9 Å². The van der Waals surface area contributed by atoms with Gasteiger partial charge in [0.05, 0.1) is 5.02 Å². The molecule has 0 aliphatic carbocycles. The summed E-state index contributed by atoms with van der Waals surface area (Å²) in [5.41, 5.74) is 6.16. The van der Waals surface area contributed by atoms with E-state index in [9.17, 15) is 8.42 Å². The van der Waals surface area contributed by atoms with Crippen LogP contribution in [0, 0.1) is 0 Å². The highest BCUT2D eigenvalue weighted by molar-refractivity contribution is 7.89. The largest absolute Gasteiger partial charge is 0.326 e. The minimum absolute atomic E-state index is 0.0279. The third kappa shape index (κ3) is 3.37. The summed E-state index contributed by atoms with van der Waals surface area (Å²) in [6.07, 6.45) is 3.61. The third-order valence-electron chi connectivity index (χ3n) is 3.93. The van der Waals surface area contributed by atoms with Crippen LogP contribution in [0.1, 0.15) is 38.2 Å². The second-order valence-electron chi connectivity index (χ2n) is 5.25. The maximum atomic E-state index is 12.9. The first-order valence-electron chi connectivity index (χ1n) is 7.11. The summed E-state index contributed by atoms with van der Waals surface area (Å²) in [5.74, 6) is 0. The Morgan fingerprint density at radius 2 is 2.05 bits per heavy atom. The lowest BCUT2D eigenvalue weighted by Crippen LogP contribution is -2.43. The van der Waals surface area contributed by atoms with E-state index in [1.807, 2.05) is 6.92 Å². The number of nitrogens with zero attached hydrogens (tertiary/aromatic N) is 1. The van der Waals surface area contributed by atoms with Crippen LogP contribution in [-0.4, -0.2) is 25.3 Å². The van der Waals surface area contributed by atoms with Crippen molar-refractivity contribution in [1.29, 1.82) is 0 Å². The zero-order valence-corrected chi connectivity index (χ0v) is 14.3. The van der Waals surface area contributed by atoms with Crippen LogP contribution in [-0.2, 0) is 16.6 Å². The number of hydrogen-bond acceptors (Lipinski definition) is 3. The van der Waals surface area contributed by atoms with E-state index < -0.39 is 10.0 Å². The zero-order valence-electron chi connectivity index (χ0n) is 12.0. The molecule has 4 nitrogen and oxygen atoms in total. The molecule has 0 spiro atoms. The highest BCUT2D eigenvalue weighted by Crippen LogP contribution is 2.34. The lowest BCUT2D eigenvalue weighted by atomic mass is 10.0. The van der Waals surface area contributed by atoms with Crippen molar-refractivity contribution in [1.82, 2.24) is 4.31 Å². The third-order valence-corrected chi connectivity index (χ3v) is 6.68. The Kier molecular flexibility index (Phi) is 5.54. The number of nitrogens with two attached hydrogens (primary N) is 1. The number of benzene rings is 1. The monoisotopic (exact) mass is 350 g/mol. The van der Waals surface area contributed by atoms with Crippen LogP contribution < -0.4 is 5.73 Å². The summed E-state index contributed by atoms with van der Waals surface area (Å²) in [4.78, 5) is 0.0671. The van der Waals surface area contributed by atoms with Crippen LogP contribution in [0.3, 0.4) is 0 Å². The van der Waals surface area contributed by atoms with Gasteiger partial charge >= 0.3 is 0 Å². The molecule has 1 atom stereocenters. The van der Waals surface area contributed by atoms with E-state index in [1.54, 1.807) is 10.4 Å². The topological polar surface area (TPSA) is 63.4 Å². The Hall–Kier alpha value is -0.330. The number of rotatable bonds is 4. The highest BCUT2D eigenvalue weighted by atomic mass is 35.5. The van der Waals surface area contributed by atoms with Gasteiger partial charge in [-0.05, 0) is 37.0 Å². The Morgan fingerprint density at radius 1 is 1.33 bits per heavy atom. The molecule has 2 rings (SSSR count). The fourth-order valence-electron chi connectivity index (χ4n) is 2.78. The Morgan fingerprint density at radius 3 is 2.67 bits per heavy atom. The maximum Gasteiger partial charge on any atom is 0.244 e. The van der Waals surface area contributed by atoms with Crippen molar-refractivity contribution in [3.05, 3.63) is 27.7 Å². The minimum Gasteiger partial charge on any atom is -0.326 e. The summed E-state index contributed by atoms with van der Waals surface area (Å²) < 4.78 is 27.4. The van der Waals surface area contributed by atoms with E-state index >= 15 is 0 Å². The summed E-state index contributed by atoms with van der Waals surface area (Å²) in [6, 6.07) is 3.05. The van der Waals surface area contributed by atoms with Crippen molar-refractivity contribution >= 4 is 33.2 Å². The molecule has 1 aromatic carbocycles. The second kappa shape index (κ2) is 6.84. The zero-order chi connectivity index (χ0) is 15.6. The molecule has 118 valence electrons. The SMILES string of the molecule is CCC1CCCCN1S(=O)(=O)c1cc(Cl)cc(CN)c1Cl. The first-order chi connectivity index (χ1) is 9.91. The lowest BCUT2D eigenvalue weighted by molar-refractivity contribution is 0.246. The van der Waals surface area contributed by atoms with Gasteiger partial charge in [-0.25, -0.2) is 8.42 Å². The number of piperidine rings is 1. The molecule has 2 N–H and O–H groups in total. The van der Waals surface area contributed by atoms with Crippen LogP contribution in [0.2, 0.25) is 10.0 Å². The van der Waals surface area contributed by atoms with Gasteiger partial charge in [-0.2, -0.15) is 4.31 Å². The van der Waals surface area contributed by atoms with Crippen LogP contribution in [0.5, 0.6) is 0 Å². The molecule has 1 heterocycles. The van der Waals surface area contributed by atoms with Gasteiger partial charge in [0, 0.05) is 24.2 Å². The predicted molar refractivity (Wildman–Crippen MR) is 86.2 cm³/mol. The van der Waals surface area contributed by atoms with E-state index in [0.717, 1.165) is 25.7 Å². The molecule has 1 aliphatic rings. The van der Waals surface area contributed by atoms with Gasteiger partial charge in [0.1, 0.15) is 4.90 Å². The summed E-state index contributed by atoms with van der Waals surface area (Å²) in [5, 5.41) is 0.519. The van der Waals surface area contributed by atoms with Crippen molar-refractivity contribution in [2.45, 2.75) is 50.1 Å². The Labute approximate surface area is 136 Å². The fourth-order valence-corrected chi connectivity index (χ4v) is 5.47. The molecule has 0 aromatic heterocycles. The van der Waals surface area contributed by atoms with Crippen LogP contribution in [0.4, 0.5) is 0 Å². The maximum absolute atomic E-state index is 12.9. The van der Waals surface area contributed by atoms with E-state index in [-0.39, 0.29) is 22.5 Å². The van der Waals surface area contributed by atoms with Crippen molar-refractivity contribution in [2.24, 2.45) is 5.73 Å². The first kappa shape index (κ1) is 17.0. The first-order valence-corrected chi connectivity index (χ1v) is 9.31. The molecular formula is C14H20Cl2N2O2S. The number of hydrogen-bond donors (Lipinski definition) is 1. The van der Waals surface area contributed by atoms with Crippen molar-refractivity contribution < 1.29 is 8.42 Å². The van der Waals surface area contributed by atoms with Gasteiger partial charge in [0.15, 0.2) is 0 Å². The molecule has 1 unspecified atom stereocenters. The fraction of sp³-hybridized carbons (Fsp3) is 0.571. The molecule has 1 saturated heterocycles. The summed E-state index contributed by atoms with van der Waals surface area (Å²) in [7, 11) is -3.65.